The van der Waals surface area contributed by atoms with Crippen LogP contribution in [0.4, 0.5) is 0 Å². The van der Waals surface area contributed by atoms with Gasteiger partial charge in [0.1, 0.15) is 5.76 Å². The quantitative estimate of drug-likeness (QED) is 0.860. The van der Waals surface area contributed by atoms with Gasteiger partial charge in [-0.05, 0) is 37.3 Å². The fourth-order valence-corrected chi connectivity index (χ4v) is 3.14. The number of carbonyl (C=O) groups is 1. The van der Waals surface area contributed by atoms with Crippen LogP contribution in [0.2, 0.25) is 0 Å². The largest absolute Gasteiger partial charge is 0.469 e. The lowest BCUT2D eigenvalue weighted by Gasteiger charge is -2.31. The van der Waals surface area contributed by atoms with Gasteiger partial charge in [-0.15, -0.1) is 0 Å². The number of carbonyl (C=O) groups excluding carboxylic acids is 1. The third-order valence-electron chi connectivity index (χ3n) is 3.10. The number of aryl methyl sites for hydroxylation is 1. The van der Waals surface area contributed by atoms with Crippen LogP contribution in [0.5, 0.6) is 0 Å². The number of furan rings is 1. The Hall–Kier alpha value is -0.940. The van der Waals surface area contributed by atoms with Gasteiger partial charge < -0.3 is 14.8 Å². The van der Waals surface area contributed by atoms with E-state index in [2.05, 4.69) is 5.32 Å². The van der Waals surface area contributed by atoms with Crippen molar-refractivity contribution in [3.63, 3.8) is 0 Å². The molecule has 0 bridgehead atoms. The third kappa shape index (κ3) is 3.04. The van der Waals surface area contributed by atoms with Crippen molar-refractivity contribution >= 4 is 17.7 Å². The molecule has 0 saturated carbocycles. The van der Waals surface area contributed by atoms with Crippen molar-refractivity contribution in [2.24, 2.45) is 0 Å². The van der Waals surface area contributed by atoms with E-state index in [1.54, 1.807) is 13.0 Å². The van der Waals surface area contributed by atoms with Crippen molar-refractivity contribution in [1.82, 2.24) is 5.32 Å². The maximum atomic E-state index is 11.8. The molecule has 0 spiro atoms. The Balaban J connectivity index is 1.90. The molecule has 1 amide bonds. The fraction of sp³-hybridized carbons (Fsp3) is 0.583. The molecule has 1 saturated heterocycles. The maximum absolute atomic E-state index is 11.8. The predicted octanol–water partition coefficient (Wildman–Crippen LogP) is 1.58. The molecule has 2 N–H and O–H groups in total. The predicted molar refractivity (Wildman–Crippen MR) is 67.3 cm³/mol. The summed E-state index contributed by atoms with van der Waals surface area (Å²) in [6.07, 6.45) is 2.97. The van der Waals surface area contributed by atoms with Crippen molar-refractivity contribution in [3.8, 4) is 0 Å². The number of rotatable bonds is 3. The summed E-state index contributed by atoms with van der Waals surface area (Å²) in [6, 6.07) is 1.64. The van der Waals surface area contributed by atoms with Crippen LogP contribution in [0, 0.1) is 6.92 Å². The summed E-state index contributed by atoms with van der Waals surface area (Å²) in [7, 11) is 0. The molecular formula is C12H17NO3S. The van der Waals surface area contributed by atoms with E-state index >= 15 is 0 Å². The summed E-state index contributed by atoms with van der Waals surface area (Å²) in [5.41, 5.74) is -0.197. The second-order valence-corrected chi connectivity index (χ2v) is 5.63. The Morgan fingerprint density at radius 1 is 1.59 bits per heavy atom. The first kappa shape index (κ1) is 12.5. The minimum Gasteiger partial charge on any atom is -0.469 e. The van der Waals surface area contributed by atoms with Crippen molar-refractivity contribution in [2.75, 3.05) is 18.1 Å². The maximum Gasteiger partial charge on any atom is 0.254 e. The zero-order valence-corrected chi connectivity index (χ0v) is 10.7. The first-order chi connectivity index (χ1) is 8.11. The minimum absolute atomic E-state index is 0.178. The first-order valence-electron chi connectivity index (χ1n) is 5.73. The van der Waals surface area contributed by atoms with E-state index in [1.165, 1.54) is 6.26 Å². The second-order valence-electron chi connectivity index (χ2n) is 4.41. The standard InChI is InChI=1S/C12H17NO3S/c1-9-10(2-5-16-9)11(14)13-8-12(15)3-6-17-7-4-12/h2,5,15H,3-4,6-8H2,1H3,(H,13,14). The monoisotopic (exact) mass is 255 g/mol. The summed E-state index contributed by atoms with van der Waals surface area (Å²) in [6.45, 7) is 2.07. The highest BCUT2D eigenvalue weighted by atomic mass is 32.2. The molecule has 0 atom stereocenters. The Labute approximate surface area is 105 Å². The van der Waals surface area contributed by atoms with Crippen molar-refractivity contribution in [3.05, 3.63) is 23.7 Å². The molecule has 94 valence electrons. The van der Waals surface area contributed by atoms with E-state index in [0.29, 0.717) is 17.9 Å². The van der Waals surface area contributed by atoms with E-state index in [0.717, 1.165) is 24.3 Å². The molecule has 1 aliphatic heterocycles. The lowest BCUT2D eigenvalue weighted by Crippen LogP contribution is -2.45. The van der Waals surface area contributed by atoms with E-state index in [-0.39, 0.29) is 5.91 Å². The number of hydrogen-bond donors (Lipinski definition) is 2. The second kappa shape index (κ2) is 5.14. The van der Waals surface area contributed by atoms with Crippen LogP contribution in [0.15, 0.2) is 16.7 Å². The molecule has 2 heterocycles. The minimum atomic E-state index is -0.738. The summed E-state index contributed by atoms with van der Waals surface area (Å²) in [5.74, 6) is 2.34. The average Bonchev–Trinajstić information content (AvgIpc) is 2.74. The van der Waals surface area contributed by atoms with Gasteiger partial charge in [0.15, 0.2) is 0 Å². The Bertz CT molecular complexity index is 396. The SMILES string of the molecule is Cc1occc1C(=O)NCC1(O)CCSCC1. The lowest BCUT2D eigenvalue weighted by molar-refractivity contribution is 0.0311. The van der Waals surface area contributed by atoms with Gasteiger partial charge in [0.2, 0.25) is 0 Å². The zero-order chi connectivity index (χ0) is 12.3. The van der Waals surface area contributed by atoms with Crippen LogP contribution < -0.4 is 5.32 Å². The zero-order valence-electron chi connectivity index (χ0n) is 9.86. The molecule has 1 aliphatic rings. The van der Waals surface area contributed by atoms with Gasteiger partial charge in [-0.3, -0.25) is 4.79 Å². The molecule has 0 unspecified atom stereocenters. The van der Waals surface area contributed by atoms with E-state index in [9.17, 15) is 9.90 Å². The number of thioether (sulfide) groups is 1. The van der Waals surface area contributed by atoms with E-state index in [1.807, 2.05) is 11.8 Å². The molecule has 2 rings (SSSR count). The molecular weight excluding hydrogens is 238 g/mol. The molecule has 4 nitrogen and oxygen atoms in total. The van der Waals surface area contributed by atoms with Crippen molar-refractivity contribution < 1.29 is 14.3 Å². The first-order valence-corrected chi connectivity index (χ1v) is 6.89. The van der Waals surface area contributed by atoms with Gasteiger partial charge in [0.05, 0.1) is 17.4 Å². The van der Waals surface area contributed by atoms with Gasteiger partial charge in [0, 0.05) is 6.54 Å². The third-order valence-corrected chi connectivity index (χ3v) is 4.09. The Morgan fingerprint density at radius 2 is 2.29 bits per heavy atom. The van der Waals surface area contributed by atoms with Crippen LogP contribution in [0.25, 0.3) is 0 Å². The molecule has 0 radical (unpaired) electrons. The highest BCUT2D eigenvalue weighted by Crippen LogP contribution is 2.26. The number of nitrogens with one attached hydrogen (secondary N) is 1. The van der Waals surface area contributed by atoms with Crippen molar-refractivity contribution in [2.45, 2.75) is 25.4 Å². The van der Waals surface area contributed by atoms with Gasteiger partial charge in [-0.25, -0.2) is 0 Å². The van der Waals surface area contributed by atoms with Crippen LogP contribution >= 0.6 is 11.8 Å². The average molecular weight is 255 g/mol. The lowest BCUT2D eigenvalue weighted by atomic mass is 9.97. The van der Waals surface area contributed by atoms with Crippen LogP contribution in [-0.2, 0) is 0 Å². The summed E-state index contributed by atoms with van der Waals surface area (Å²) in [5, 5.41) is 13.0. The van der Waals surface area contributed by atoms with Gasteiger partial charge in [0.25, 0.3) is 5.91 Å². The summed E-state index contributed by atoms with van der Waals surface area (Å²) < 4.78 is 5.08. The van der Waals surface area contributed by atoms with Crippen molar-refractivity contribution in [1.29, 1.82) is 0 Å². The molecule has 1 fully saturated rings. The molecule has 17 heavy (non-hydrogen) atoms. The molecule has 0 aliphatic carbocycles. The van der Waals surface area contributed by atoms with Gasteiger partial charge in [-0.2, -0.15) is 11.8 Å². The molecule has 1 aromatic heterocycles. The van der Waals surface area contributed by atoms with E-state index in [4.69, 9.17) is 4.42 Å². The van der Waals surface area contributed by atoms with Crippen LogP contribution in [-0.4, -0.2) is 34.7 Å². The van der Waals surface area contributed by atoms with Crippen LogP contribution in [0.1, 0.15) is 29.0 Å². The normalized spacial score (nSPS) is 18.9. The fourth-order valence-electron chi connectivity index (χ4n) is 1.89. The molecule has 5 heteroatoms. The number of hydrogen-bond acceptors (Lipinski definition) is 4. The highest BCUT2D eigenvalue weighted by Gasteiger charge is 2.30. The number of amides is 1. The highest BCUT2D eigenvalue weighted by molar-refractivity contribution is 7.99. The van der Waals surface area contributed by atoms with E-state index < -0.39 is 5.60 Å². The summed E-state index contributed by atoms with van der Waals surface area (Å²) >= 11 is 1.84. The Kier molecular flexibility index (Phi) is 3.79. The van der Waals surface area contributed by atoms with Crippen LogP contribution in [0.3, 0.4) is 0 Å². The Morgan fingerprint density at radius 3 is 2.88 bits per heavy atom. The molecule has 0 aromatic carbocycles. The smallest absolute Gasteiger partial charge is 0.254 e. The van der Waals surface area contributed by atoms with Gasteiger partial charge in [-0.1, -0.05) is 0 Å². The molecule has 1 aromatic rings. The number of aliphatic hydroxyl groups is 1. The topological polar surface area (TPSA) is 62.5 Å². The van der Waals surface area contributed by atoms with Gasteiger partial charge >= 0.3 is 0 Å². The summed E-state index contributed by atoms with van der Waals surface area (Å²) in [4.78, 5) is 11.8.